The van der Waals surface area contributed by atoms with Crippen LogP contribution in [0.25, 0.3) is 5.82 Å². The van der Waals surface area contributed by atoms with Crippen molar-refractivity contribution in [1.29, 1.82) is 0 Å². The molecular weight excluding hydrogens is 132 g/mol. The summed E-state index contributed by atoms with van der Waals surface area (Å²) < 4.78 is 6.08. The van der Waals surface area contributed by atoms with Gasteiger partial charge in [0.15, 0.2) is 6.26 Å². The molecule has 0 saturated carbocycles. The molecule has 2 aromatic heterocycles. The summed E-state index contributed by atoms with van der Waals surface area (Å²) in [5.74, 6) is 0.588. The van der Waals surface area contributed by atoms with E-state index in [4.69, 9.17) is 0 Å². The maximum absolute atomic E-state index is 4.52. The fourth-order valence-electron chi connectivity index (χ4n) is 0.664. The zero-order valence-electron chi connectivity index (χ0n) is 5.01. The van der Waals surface area contributed by atoms with Gasteiger partial charge >= 0.3 is 0 Å². The Morgan fingerprint density at radius 3 is 3.10 bits per heavy atom. The highest BCUT2D eigenvalue weighted by Gasteiger charge is 1.97. The van der Waals surface area contributed by atoms with Crippen molar-refractivity contribution in [3.05, 3.63) is 24.7 Å². The van der Waals surface area contributed by atoms with Crippen LogP contribution in [0.15, 0.2) is 29.2 Å². The van der Waals surface area contributed by atoms with E-state index in [0.717, 1.165) is 0 Å². The SMILES string of the molecule is c1cnn(-c2conn2)c1. The Morgan fingerprint density at radius 1 is 1.50 bits per heavy atom. The molecule has 0 saturated heterocycles. The Balaban J connectivity index is 2.48. The lowest BCUT2D eigenvalue weighted by atomic mass is 10.7. The first-order valence-electron chi connectivity index (χ1n) is 2.74. The highest BCUT2D eigenvalue weighted by atomic mass is 16.5. The maximum Gasteiger partial charge on any atom is 0.217 e. The number of rotatable bonds is 1. The van der Waals surface area contributed by atoms with Crippen LogP contribution in [0.2, 0.25) is 0 Å². The molecule has 5 nitrogen and oxygen atoms in total. The van der Waals surface area contributed by atoms with E-state index in [9.17, 15) is 0 Å². The van der Waals surface area contributed by atoms with Gasteiger partial charge in [0.05, 0.1) is 0 Å². The van der Waals surface area contributed by atoms with Crippen LogP contribution in [0.3, 0.4) is 0 Å². The van der Waals surface area contributed by atoms with Crippen LogP contribution >= 0.6 is 0 Å². The topological polar surface area (TPSA) is 56.7 Å². The molecule has 0 aliphatic heterocycles. The van der Waals surface area contributed by atoms with Gasteiger partial charge in [-0.25, -0.2) is 4.68 Å². The summed E-state index contributed by atoms with van der Waals surface area (Å²) in [6.45, 7) is 0. The van der Waals surface area contributed by atoms with E-state index in [1.807, 2.05) is 0 Å². The predicted molar refractivity (Wildman–Crippen MR) is 31.4 cm³/mol. The first-order chi connectivity index (χ1) is 4.97. The van der Waals surface area contributed by atoms with Crippen LogP contribution in [0.1, 0.15) is 0 Å². The third-order valence-electron chi connectivity index (χ3n) is 1.09. The zero-order valence-corrected chi connectivity index (χ0v) is 5.01. The monoisotopic (exact) mass is 136 g/mol. The van der Waals surface area contributed by atoms with Crippen LogP contribution in [0.5, 0.6) is 0 Å². The fourth-order valence-corrected chi connectivity index (χ4v) is 0.664. The summed E-state index contributed by atoms with van der Waals surface area (Å²) in [7, 11) is 0. The molecule has 2 heterocycles. The van der Waals surface area contributed by atoms with Crippen molar-refractivity contribution >= 4 is 0 Å². The molecule has 0 aromatic carbocycles. The minimum Gasteiger partial charge on any atom is -0.343 e. The second-order valence-electron chi connectivity index (χ2n) is 1.71. The second-order valence-corrected chi connectivity index (χ2v) is 1.71. The molecule has 0 spiro atoms. The molecule has 0 bridgehead atoms. The van der Waals surface area contributed by atoms with Crippen molar-refractivity contribution < 1.29 is 4.52 Å². The molecule has 0 amide bonds. The summed E-state index contributed by atoms with van der Waals surface area (Å²) in [6.07, 6.45) is 4.85. The standard InChI is InChI=1S/C5H4N4O/c1-2-6-9(3-1)5-4-10-8-7-5/h1-4H. The van der Waals surface area contributed by atoms with Gasteiger partial charge in [0.25, 0.3) is 0 Å². The third-order valence-corrected chi connectivity index (χ3v) is 1.09. The van der Waals surface area contributed by atoms with Gasteiger partial charge in [-0.05, 0) is 6.07 Å². The van der Waals surface area contributed by atoms with Crippen molar-refractivity contribution in [3.63, 3.8) is 0 Å². The molecule has 5 heteroatoms. The van der Waals surface area contributed by atoms with Crippen LogP contribution in [-0.4, -0.2) is 20.2 Å². The quantitative estimate of drug-likeness (QED) is 0.564. The lowest BCUT2D eigenvalue weighted by molar-refractivity contribution is 0.393. The molecule has 0 aliphatic carbocycles. The smallest absolute Gasteiger partial charge is 0.217 e. The van der Waals surface area contributed by atoms with E-state index in [0.29, 0.717) is 5.82 Å². The fraction of sp³-hybridized carbons (Fsp3) is 0. The van der Waals surface area contributed by atoms with E-state index in [1.54, 1.807) is 23.1 Å². The first-order valence-corrected chi connectivity index (χ1v) is 2.74. The van der Waals surface area contributed by atoms with Gasteiger partial charge < -0.3 is 4.52 Å². The van der Waals surface area contributed by atoms with Crippen molar-refractivity contribution in [3.8, 4) is 5.82 Å². The molecule has 2 rings (SSSR count). The Hall–Kier alpha value is -1.65. The summed E-state index contributed by atoms with van der Waals surface area (Å²) in [5.41, 5.74) is 0. The highest BCUT2D eigenvalue weighted by molar-refractivity contribution is 5.10. The zero-order chi connectivity index (χ0) is 6.81. The molecule has 10 heavy (non-hydrogen) atoms. The molecule has 2 aromatic rings. The molecule has 0 N–H and O–H groups in total. The van der Waals surface area contributed by atoms with Gasteiger partial charge in [0, 0.05) is 17.7 Å². The van der Waals surface area contributed by atoms with Crippen LogP contribution < -0.4 is 0 Å². The Morgan fingerprint density at radius 2 is 2.50 bits per heavy atom. The van der Waals surface area contributed by atoms with Crippen molar-refractivity contribution in [2.75, 3.05) is 0 Å². The highest BCUT2D eigenvalue weighted by Crippen LogP contribution is 1.97. The minimum atomic E-state index is 0.588. The van der Waals surface area contributed by atoms with Crippen molar-refractivity contribution in [1.82, 2.24) is 20.2 Å². The van der Waals surface area contributed by atoms with Gasteiger partial charge in [-0.3, -0.25) is 0 Å². The maximum atomic E-state index is 4.52. The van der Waals surface area contributed by atoms with Gasteiger partial charge in [-0.15, -0.1) is 0 Å². The van der Waals surface area contributed by atoms with Crippen LogP contribution in [-0.2, 0) is 0 Å². The minimum absolute atomic E-state index is 0.588. The van der Waals surface area contributed by atoms with Gasteiger partial charge in [0.2, 0.25) is 5.82 Å². The average Bonchev–Trinajstić information content (AvgIpc) is 2.59. The van der Waals surface area contributed by atoms with E-state index in [1.165, 1.54) is 6.26 Å². The summed E-state index contributed by atoms with van der Waals surface area (Å²) >= 11 is 0. The van der Waals surface area contributed by atoms with Crippen molar-refractivity contribution in [2.24, 2.45) is 0 Å². The van der Waals surface area contributed by atoms with Gasteiger partial charge in [-0.1, -0.05) is 5.10 Å². The van der Waals surface area contributed by atoms with E-state index < -0.39 is 0 Å². The average molecular weight is 136 g/mol. The Kier molecular flexibility index (Phi) is 1.00. The Labute approximate surface area is 56.2 Å². The molecule has 0 aliphatic rings. The molecule has 0 fully saturated rings. The van der Waals surface area contributed by atoms with Crippen molar-refractivity contribution in [2.45, 2.75) is 0 Å². The predicted octanol–water partition coefficient (Wildman–Crippen LogP) is 0.255. The molecule has 0 atom stereocenters. The normalized spacial score (nSPS) is 10.0. The lowest BCUT2D eigenvalue weighted by Gasteiger charge is -1.87. The largest absolute Gasteiger partial charge is 0.343 e. The summed E-state index contributed by atoms with van der Waals surface area (Å²) in [4.78, 5) is 0. The van der Waals surface area contributed by atoms with E-state index >= 15 is 0 Å². The summed E-state index contributed by atoms with van der Waals surface area (Å²) in [5, 5.41) is 10.8. The lowest BCUT2D eigenvalue weighted by Crippen LogP contribution is -1.93. The molecule has 50 valence electrons. The van der Waals surface area contributed by atoms with E-state index in [-0.39, 0.29) is 0 Å². The van der Waals surface area contributed by atoms with Gasteiger partial charge in [0.1, 0.15) is 0 Å². The summed E-state index contributed by atoms with van der Waals surface area (Å²) in [6, 6.07) is 1.80. The number of aromatic nitrogens is 4. The molecule has 0 unspecified atom stereocenters. The molecule has 0 radical (unpaired) electrons. The Bertz CT molecular complexity index is 253. The number of hydrogen-bond donors (Lipinski definition) is 0. The number of hydrogen-bond acceptors (Lipinski definition) is 4. The van der Waals surface area contributed by atoms with Crippen LogP contribution in [0.4, 0.5) is 0 Å². The first kappa shape index (κ1) is 5.16. The van der Waals surface area contributed by atoms with Gasteiger partial charge in [-0.2, -0.15) is 5.10 Å². The number of nitrogens with zero attached hydrogens (tertiary/aromatic N) is 4. The molecular formula is C5H4N4O. The van der Waals surface area contributed by atoms with E-state index in [2.05, 4.69) is 20.0 Å². The van der Waals surface area contributed by atoms with Crippen LogP contribution in [0, 0.1) is 0 Å². The second kappa shape index (κ2) is 1.94. The third kappa shape index (κ3) is 0.680.